The summed E-state index contributed by atoms with van der Waals surface area (Å²) in [6.45, 7) is 0. The molecule has 2 N–H and O–H groups in total. The van der Waals surface area contributed by atoms with Crippen molar-refractivity contribution in [1.29, 1.82) is 0 Å². The van der Waals surface area contributed by atoms with E-state index < -0.39 is 8.75 Å². The largest absolute Gasteiger partial charge is 0.350 e. The number of rotatable bonds is 3. The van der Waals surface area contributed by atoms with Crippen molar-refractivity contribution in [2.75, 3.05) is 0 Å². The highest BCUT2D eigenvalue weighted by Gasteiger charge is 2.52. The van der Waals surface area contributed by atoms with Gasteiger partial charge in [-0.05, 0) is 93.4 Å². The summed E-state index contributed by atoms with van der Waals surface area (Å²) in [5, 5.41) is 13.0. The number of fused-ring (bicyclic) bond motifs is 9. The molecule has 0 radical (unpaired) electrons. The molecule has 7 aliphatic rings. The predicted molar refractivity (Wildman–Crippen MR) is 234 cm³/mol. The lowest BCUT2D eigenvalue weighted by atomic mass is 9.78. The smallest absolute Gasteiger partial charge is 0.131 e. The van der Waals surface area contributed by atoms with Crippen LogP contribution in [0.15, 0.2) is 186 Å². The first-order valence-corrected chi connectivity index (χ1v) is 22.8. The van der Waals surface area contributed by atoms with Crippen LogP contribution in [0.2, 0.25) is 0 Å². The molecule has 56 heavy (non-hydrogen) atoms. The number of allylic oxidation sites excluding steroid dienone is 6. The van der Waals surface area contributed by atoms with E-state index in [9.17, 15) is 0 Å². The van der Waals surface area contributed by atoms with E-state index in [1.54, 1.807) is 0 Å². The highest BCUT2D eigenvalue weighted by Crippen LogP contribution is 2.87. The molecule has 5 aliphatic heterocycles. The summed E-state index contributed by atoms with van der Waals surface area (Å²) < 4.78 is 2.60. The summed E-state index contributed by atoms with van der Waals surface area (Å²) in [6.07, 6.45) is 18.0. The molecule has 6 heteroatoms. The molecule has 6 aromatic rings. The monoisotopic (exact) mass is 758 g/mol. The van der Waals surface area contributed by atoms with E-state index in [4.69, 9.17) is 10.9 Å². The molecule has 13 rings (SSSR count). The molecule has 4 atom stereocenters. The Labute approximate surface area is 330 Å². The van der Waals surface area contributed by atoms with Crippen molar-refractivity contribution in [2.45, 2.75) is 56.7 Å². The van der Waals surface area contributed by atoms with Gasteiger partial charge in [0.2, 0.25) is 0 Å². The second-order valence-electron chi connectivity index (χ2n) is 16.1. The Hall–Kier alpha value is -5.66. The highest BCUT2D eigenvalue weighted by molar-refractivity contribution is 8.49. The fourth-order valence-electron chi connectivity index (χ4n) is 10.7. The minimum Gasteiger partial charge on any atom is -0.350 e. The van der Waals surface area contributed by atoms with E-state index >= 15 is 0 Å². The molecule has 4 bridgehead atoms. The number of nitrogens with one attached hydrogen (secondary N) is 2. The molecule has 270 valence electrons. The lowest BCUT2D eigenvalue weighted by Crippen LogP contribution is -2.45. The second-order valence-corrected chi connectivity index (χ2v) is 21.2. The van der Waals surface area contributed by atoms with Crippen molar-refractivity contribution in [3.63, 3.8) is 0 Å². The fourth-order valence-corrected chi connectivity index (χ4v) is 16.9. The maximum absolute atomic E-state index is 5.65. The van der Waals surface area contributed by atoms with Crippen LogP contribution >= 0.6 is 20.5 Å². The third kappa shape index (κ3) is 3.92. The zero-order valence-electron chi connectivity index (χ0n) is 30.7. The maximum atomic E-state index is 5.65. The maximum Gasteiger partial charge on any atom is 0.131 e. The van der Waals surface area contributed by atoms with Crippen molar-refractivity contribution in [3.05, 3.63) is 189 Å². The molecule has 0 saturated heterocycles. The van der Waals surface area contributed by atoms with Crippen LogP contribution in [0.3, 0.4) is 0 Å². The molecule has 4 nitrogen and oxygen atoms in total. The van der Waals surface area contributed by atoms with Gasteiger partial charge >= 0.3 is 0 Å². The molecule has 1 spiro atoms. The first-order valence-electron chi connectivity index (χ1n) is 19.7. The number of hydrogen-bond donors (Lipinski definition) is 2. The third-order valence-electron chi connectivity index (χ3n) is 13.2. The number of benzene rings is 5. The molecule has 2 aliphatic carbocycles. The van der Waals surface area contributed by atoms with Gasteiger partial charge in [0.25, 0.3) is 0 Å². The van der Waals surface area contributed by atoms with Gasteiger partial charge in [-0.2, -0.15) is 0 Å². The van der Waals surface area contributed by atoms with Crippen LogP contribution in [0.1, 0.15) is 64.8 Å². The van der Waals surface area contributed by atoms with Gasteiger partial charge in [-0.3, -0.25) is 5.32 Å². The summed E-state index contributed by atoms with van der Waals surface area (Å²) in [6, 6.07) is 41.3. The van der Waals surface area contributed by atoms with Crippen molar-refractivity contribution in [2.24, 2.45) is 4.99 Å². The SMILES string of the molecule is C=S123C=Cc4c1n(c1ccccc41)-c1ccc4c(c1)C1C(=CC=CC1c1ccc(c2c1)-c1c(C2NC(C5=CCCC=C5)=NC(c5ccccc5)N2)cccc13)S4. The molecular formula is C50H38N4S2. The summed E-state index contributed by atoms with van der Waals surface area (Å²) in [7, 11) is -3.13. The Bertz CT molecular complexity index is 3050. The van der Waals surface area contributed by atoms with E-state index in [1.165, 1.54) is 74.6 Å². The van der Waals surface area contributed by atoms with Crippen molar-refractivity contribution in [1.82, 2.24) is 15.2 Å². The Morgan fingerprint density at radius 2 is 1.73 bits per heavy atom. The number of hydrogen-bond acceptors (Lipinski definition) is 4. The first kappa shape index (κ1) is 31.5. The molecule has 0 saturated carbocycles. The van der Waals surface area contributed by atoms with Gasteiger partial charge in [0.05, 0.1) is 10.5 Å². The van der Waals surface area contributed by atoms with Crippen LogP contribution in [0.25, 0.3) is 33.8 Å². The minimum atomic E-state index is -3.13. The van der Waals surface area contributed by atoms with Crippen molar-refractivity contribution >= 4 is 49.2 Å². The molecule has 1 aromatic heterocycles. The number of aromatic nitrogens is 1. The van der Waals surface area contributed by atoms with Gasteiger partial charge in [-0.1, -0.05) is 127 Å². The van der Waals surface area contributed by atoms with E-state index in [0.717, 1.165) is 29.8 Å². The zero-order valence-corrected chi connectivity index (χ0v) is 32.3. The first-order chi connectivity index (χ1) is 27.6. The van der Waals surface area contributed by atoms with Crippen LogP contribution in [0, 0.1) is 0 Å². The van der Waals surface area contributed by atoms with Gasteiger partial charge in [0.1, 0.15) is 18.2 Å². The molecule has 0 amide bonds. The normalized spacial score (nSPS) is 25.2. The van der Waals surface area contributed by atoms with Gasteiger partial charge in [-0.15, -0.1) is 8.75 Å². The highest BCUT2D eigenvalue weighted by atomic mass is 32.3. The Morgan fingerprint density at radius 3 is 2.64 bits per heavy atom. The Kier molecular flexibility index (Phi) is 6.20. The van der Waals surface area contributed by atoms with Crippen LogP contribution in [-0.4, -0.2) is 16.3 Å². The van der Waals surface area contributed by atoms with Gasteiger partial charge in [0.15, 0.2) is 0 Å². The van der Waals surface area contributed by atoms with Gasteiger partial charge < -0.3 is 9.88 Å². The quantitative estimate of drug-likeness (QED) is 0.177. The summed E-state index contributed by atoms with van der Waals surface area (Å²) in [5.74, 6) is 7.11. The average Bonchev–Trinajstić information content (AvgIpc) is 3.97. The fraction of sp³-hybridized carbons (Fsp3) is 0.120. The zero-order chi connectivity index (χ0) is 36.8. The lowest BCUT2D eigenvalue weighted by Gasteiger charge is -2.43. The number of amidine groups is 1. The van der Waals surface area contributed by atoms with E-state index in [1.807, 2.05) is 11.8 Å². The number of aliphatic imine (C=N–C) groups is 1. The molecule has 0 fully saturated rings. The van der Waals surface area contributed by atoms with Crippen molar-refractivity contribution in [3.8, 4) is 16.8 Å². The van der Waals surface area contributed by atoms with Crippen LogP contribution in [0.4, 0.5) is 0 Å². The lowest BCUT2D eigenvalue weighted by molar-refractivity contribution is 0.409. The average molecular weight is 759 g/mol. The Balaban J connectivity index is 1.11. The number of para-hydroxylation sites is 1. The summed E-state index contributed by atoms with van der Waals surface area (Å²) in [5.41, 5.74) is 12.7. The third-order valence-corrected chi connectivity index (χ3v) is 19.1. The molecule has 4 unspecified atom stereocenters. The van der Waals surface area contributed by atoms with Crippen LogP contribution in [-0.2, 0) is 0 Å². The molecule has 6 heterocycles. The van der Waals surface area contributed by atoms with Gasteiger partial charge in [-0.25, -0.2) is 4.99 Å². The van der Waals surface area contributed by atoms with Crippen LogP contribution < -0.4 is 10.6 Å². The summed E-state index contributed by atoms with van der Waals surface area (Å²) in [4.78, 5) is 10.8. The minimum absolute atomic E-state index is 0.192. The van der Waals surface area contributed by atoms with E-state index in [-0.39, 0.29) is 18.2 Å². The molecular weight excluding hydrogens is 721 g/mol. The molecule has 5 aromatic carbocycles. The van der Waals surface area contributed by atoms with Crippen molar-refractivity contribution < 1.29 is 0 Å². The van der Waals surface area contributed by atoms with Gasteiger partial charge in [0, 0.05) is 54.3 Å². The number of nitrogens with zero attached hydrogens (tertiary/aromatic N) is 2. The summed E-state index contributed by atoms with van der Waals surface area (Å²) >= 11 is 1.94. The topological polar surface area (TPSA) is 41.4 Å². The second kappa shape index (κ2) is 11.0. The van der Waals surface area contributed by atoms with Crippen LogP contribution in [0.5, 0.6) is 0 Å². The van der Waals surface area contributed by atoms with E-state index in [0.29, 0.717) is 5.92 Å². The predicted octanol–water partition coefficient (Wildman–Crippen LogP) is 12.1. The van der Waals surface area contributed by atoms with E-state index in [2.05, 4.69) is 172 Å². The Morgan fingerprint density at radius 1 is 0.821 bits per heavy atom. The standard InChI is InChI=1S/C50H38N4S2/c1-56-27-26-36-35-16-8-9-19-40(35)54(50(36)56)33-23-25-41-39(29-33)45-34(17-10-20-42(45)55-41)32-22-24-37(44(56)28-32)46-38(18-11-21-43(46)56)49-52-47(30-12-4-2-5-13-30)51-48(53-49)31-14-6-3-7-15-31/h2,4-6,8-29,34,45,47,49,52H,1,3,7H2,(H,51,53). The number of thioether (sulfide) groups is 1.